The standard InChI is InChI=1S/C56H63BN2O2/c1-13-56(11,12)61-57(60-14-2)48-36-45(51-21-17-15-19-49(51)42-25-23-41(24-26-42)40(4)58-33-31-39(3)54(5,6)7)35-46(37-48)52-22-18-16-20-50(52)43-27-29-44(30-28-43)53-38-47(32-34-59-53)55(8,9)10/h15-38H,3,13-14H2,1-2,4-12H3/b33-31-,58-40?. The molecule has 0 N–H and O–H groups in total. The van der Waals surface area contributed by atoms with Crippen molar-refractivity contribution in [1.29, 1.82) is 0 Å². The molecule has 0 unspecified atom stereocenters. The van der Waals surface area contributed by atoms with E-state index in [0.717, 1.165) is 84.5 Å². The van der Waals surface area contributed by atoms with Crippen LogP contribution in [0.1, 0.15) is 93.7 Å². The van der Waals surface area contributed by atoms with E-state index in [1.807, 2.05) is 32.3 Å². The van der Waals surface area contributed by atoms with Gasteiger partial charge in [0.05, 0.1) is 5.69 Å². The fraction of sp³-hybridized carbons (Fsp3) is 0.286. The van der Waals surface area contributed by atoms with Gasteiger partial charge in [0.2, 0.25) is 0 Å². The molecule has 0 spiro atoms. The SMILES string of the molecule is C=C(/C=C\N=C(C)c1ccc(-c2ccccc2-c2cc(B(OCC)OC(C)(C)CC)cc(-c3ccccc3-c3ccc(-c4cc(C(C)(C)C)ccn4)cc3)c2)cc1)C(C)(C)C. The minimum Gasteiger partial charge on any atom is -0.408 e. The van der Waals surface area contributed by atoms with Crippen molar-refractivity contribution >= 4 is 18.3 Å². The van der Waals surface area contributed by atoms with Gasteiger partial charge in [0, 0.05) is 35.9 Å². The van der Waals surface area contributed by atoms with Crippen LogP contribution < -0.4 is 5.46 Å². The third-order valence-electron chi connectivity index (χ3n) is 11.5. The Kier molecular flexibility index (Phi) is 14.0. The van der Waals surface area contributed by atoms with Crippen molar-refractivity contribution < 1.29 is 9.31 Å². The van der Waals surface area contributed by atoms with Gasteiger partial charge < -0.3 is 9.31 Å². The summed E-state index contributed by atoms with van der Waals surface area (Å²) in [6.07, 6.45) is 6.62. The predicted octanol–water partition coefficient (Wildman–Crippen LogP) is 14.6. The maximum Gasteiger partial charge on any atom is 0.494 e. The molecule has 0 amide bonds. The van der Waals surface area contributed by atoms with Crippen molar-refractivity contribution in [1.82, 2.24) is 4.98 Å². The second-order valence-corrected chi connectivity index (χ2v) is 18.6. The molecule has 0 fully saturated rings. The van der Waals surface area contributed by atoms with Crippen molar-refractivity contribution in [2.75, 3.05) is 6.61 Å². The van der Waals surface area contributed by atoms with Gasteiger partial charge in [0.1, 0.15) is 0 Å². The molecule has 5 heteroatoms. The van der Waals surface area contributed by atoms with Gasteiger partial charge in [0.15, 0.2) is 0 Å². The monoisotopic (exact) mass is 806 g/mol. The summed E-state index contributed by atoms with van der Waals surface area (Å²) in [4.78, 5) is 9.46. The van der Waals surface area contributed by atoms with E-state index in [4.69, 9.17) is 19.3 Å². The second kappa shape index (κ2) is 19.0. The third-order valence-corrected chi connectivity index (χ3v) is 11.5. The lowest BCUT2D eigenvalue weighted by atomic mass is 9.74. The molecule has 1 heterocycles. The van der Waals surface area contributed by atoms with Crippen LogP contribution >= 0.6 is 0 Å². The molecule has 4 nitrogen and oxygen atoms in total. The van der Waals surface area contributed by atoms with Gasteiger partial charge in [-0.2, -0.15) is 0 Å². The first-order valence-corrected chi connectivity index (χ1v) is 21.7. The lowest BCUT2D eigenvalue weighted by molar-refractivity contribution is 0.0706. The van der Waals surface area contributed by atoms with Gasteiger partial charge in [-0.15, -0.1) is 0 Å². The first-order chi connectivity index (χ1) is 29.0. The number of hydrogen-bond acceptors (Lipinski definition) is 4. The van der Waals surface area contributed by atoms with Crippen molar-refractivity contribution in [3.63, 3.8) is 0 Å². The molecule has 0 aliphatic rings. The molecule has 61 heavy (non-hydrogen) atoms. The zero-order valence-electron chi connectivity index (χ0n) is 38.3. The highest BCUT2D eigenvalue weighted by atomic mass is 16.6. The zero-order valence-corrected chi connectivity index (χ0v) is 38.3. The molecule has 0 saturated heterocycles. The number of aliphatic imine (C=N–C) groups is 1. The minimum atomic E-state index is -0.551. The summed E-state index contributed by atoms with van der Waals surface area (Å²) >= 11 is 0. The fourth-order valence-corrected chi connectivity index (χ4v) is 7.12. The predicted molar refractivity (Wildman–Crippen MR) is 263 cm³/mol. The zero-order chi connectivity index (χ0) is 44.0. The number of nitrogens with zero attached hydrogens (tertiary/aromatic N) is 2. The van der Waals surface area contributed by atoms with Crippen LogP contribution in [0.15, 0.2) is 163 Å². The Morgan fingerprint density at radius 1 is 0.656 bits per heavy atom. The van der Waals surface area contributed by atoms with E-state index in [1.54, 1.807) is 0 Å². The van der Waals surface area contributed by atoms with Gasteiger partial charge in [-0.25, -0.2) is 0 Å². The Hall–Kier alpha value is -5.62. The Morgan fingerprint density at radius 3 is 1.66 bits per heavy atom. The van der Waals surface area contributed by atoms with Crippen LogP contribution in [0.5, 0.6) is 0 Å². The van der Waals surface area contributed by atoms with E-state index in [-0.39, 0.29) is 16.4 Å². The summed E-state index contributed by atoms with van der Waals surface area (Å²) in [7, 11) is -0.551. The summed E-state index contributed by atoms with van der Waals surface area (Å²) < 4.78 is 13.2. The van der Waals surface area contributed by atoms with E-state index >= 15 is 0 Å². The van der Waals surface area contributed by atoms with Crippen LogP contribution in [0, 0.1) is 5.41 Å². The van der Waals surface area contributed by atoms with Gasteiger partial charge in [-0.05, 0) is 136 Å². The fourth-order valence-electron chi connectivity index (χ4n) is 7.12. The highest BCUT2D eigenvalue weighted by Crippen LogP contribution is 2.38. The maximum absolute atomic E-state index is 6.75. The van der Waals surface area contributed by atoms with E-state index < -0.39 is 7.12 Å². The summed E-state index contributed by atoms with van der Waals surface area (Å²) in [6, 6.07) is 45.9. The molecule has 0 aliphatic carbocycles. The van der Waals surface area contributed by atoms with Crippen molar-refractivity contribution in [2.24, 2.45) is 10.4 Å². The van der Waals surface area contributed by atoms with Crippen LogP contribution in [0.3, 0.4) is 0 Å². The smallest absolute Gasteiger partial charge is 0.408 e. The molecule has 0 radical (unpaired) electrons. The maximum atomic E-state index is 6.75. The van der Waals surface area contributed by atoms with E-state index in [1.165, 1.54) is 5.56 Å². The number of hydrogen-bond donors (Lipinski definition) is 0. The van der Waals surface area contributed by atoms with Gasteiger partial charge in [0.25, 0.3) is 0 Å². The molecule has 6 rings (SSSR count). The third kappa shape index (κ3) is 11.2. The van der Waals surface area contributed by atoms with Gasteiger partial charge >= 0.3 is 7.12 Å². The number of aromatic nitrogens is 1. The largest absolute Gasteiger partial charge is 0.494 e. The number of benzene rings is 5. The van der Waals surface area contributed by atoms with E-state index in [9.17, 15) is 0 Å². The summed E-state index contributed by atoms with van der Waals surface area (Å²) in [5.74, 6) is 0. The highest BCUT2D eigenvalue weighted by molar-refractivity contribution is 6.61. The van der Waals surface area contributed by atoms with Crippen LogP contribution in [-0.4, -0.2) is 30.0 Å². The lowest BCUT2D eigenvalue weighted by Gasteiger charge is -2.28. The Balaban J connectivity index is 1.43. The van der Waals surface area contributed by atoms with Crippen LogP contribution in [0.2, 0.25) is 0 Å². The normalized spacial score (nSPS) is 12.5. The molecule has 0 aliphatic heterocycles. The number of pyridine rings is 1. The molecule has 0 atom stereocenters. The van der Waals surface area contributed by atoms with Gasteiger partial charge in [-0.3, -0.25) is 9.98 Å². The van der Waals surface area contributed by atoms with Crippen molar-refractivity contribution in [2.45, 2.75) is 93.6 Å². The molecule has 0 bridgehead atoms. The number of allylic oxidation sites excluding steroid dienone is 2. The second-order valence-electron chi connectivity index (χ2n) is 18.6. The Bertz CT molecular complexity index is 2520. The average molecular weight is 807 g/mol. The Labute approximate surface area is 366 Å². The van der Waals surface area contributed by atoms with E-state index in [0.29, 0.717) is 6.61 Å². The van der Waals surface area contributed by atoms with Crippen LogP contribution in [0.25, 0.3) is 55.8 Å². The van der Waals surface area contributed by atoms with E-state index in [2.05, 4.69) is 196 Å². The summed E-state index contributed by atoms with van der Waals surface area (Å²) in [6.45, 7) is 28.4. The molecule has 1 aromatic heterocycles. The highest BCUT2D eigenvalue weighted by Gasteiger charge is 2.30. The topological polar surface area (TPSA) is 43.7 Å². The molecule has 5 aromatic carbocycles. The molecule has 312 valence electrons. The molecular formula is C56H63BN2O2. The first kappa shape index (κ1) is 44.9. The van der Waals surface area contributed by atoms with Crippen molar-refractivity contribution in [3.05, 3.63) is 169 Å². The average Bonchev–Trinajstić information content (AvgIpc) is 3.25. The summed E-state index contributed by atoms with van der Waals surface area (Å²) in [5.41, 5.74) is 16.1. The van der Waals surface area contributed by atoms with Crippen LogP contribution in [-0.2, 0) is 14.7 Å². The first-order valence-electron chi connectivity index (χ1n) is 21.7. The lowest BCUT2D eigenvalue weighted by Crippen LogP contribution is -2.43. The molecule has 0 saturated carbocycles. The van der Waals surface area contributed by atoms with Gasteiger partial charge in [-0.1, -0.05) is 164 Å². The molecule has 6 aromatic rings. The Morgan fingerprint density at radius 2 is 1.16 bits per heavy atom. The summed E-state index contributed by atoms with van der Waals surface area (Å²) in [5, 5.41) is 0. The van der Waals surface area contributed by atoms with Crippen molar-refractivity contribution in [3.8, 4) is 55.8 Å². The van der Waals surface area contributed by atoms with Crippen LogP contribution in [0.4, 0.5) is 0 Å². The minimum absolute atomic E-state index is 0.00606. The molecular weight excluding hydrogens is 743 g/mol. The number of rotatable bonds is 14. The quantitative estimate of drug-likeness (QED) is 0.0626.